The molecule has 106 valence electrons. The Hall–Kier alpha value is -1.40. The van der Waals surface area contributed by atoms with E-state index in [1.54, 1.807) is 13.0 Å². The van der Waals surface area contributed by atoms with Gasteiger partial charge in [0.2, 0.25) is 11.8 Å². The van der Waals surface area contributed by atoms with Crippen LogP contribution in [0.25, 0.3) is 0 Å². The molecule has 1 aliphatic rings. The van der Waals surface area contributed by atoms with Gasteiger partial charge in [-0.1, -0.05) is 5.16 Å². The molecule has 6 heteroatoms. The van der Waals surface area contributed by atoms with Crippen molar-refractivity contribution in [1.29, 1.82) is 0 Å². The minimum Gasteiger partial charge on any atom is -0.377 e. The second kappa shape index (κ2) is 6.16. The number of aryl methyl sites for hydroxylation is 1. The molecule has 1 saturated heterocycles. The molecule has 0 saturated carbocycles. The van der Waals surface area contributed by atoms with E-state index >= 15 is 0 Å². The van der Waals surface area contributed by atoms with E-state index in [1.807, 2.05) is 13.8 Å². The predicted octanol–water partition coefficient (Wildman–Crippen LogP) is 1.47. The van der Waals surface area contributed by atoms with Gasteiger partial charge in [0.1, 0.15) is 0 Å². The van der Waals surface area contributed by atoms with E-state index in [0.717, 1.165) is 25.1 Å². The van der Waals surface area contributed by atoms with Crippen molar-refractivity contribution in [3.05, 3.63) is 11.8 Å². The third kappa shape index (κ3) is 3.78. The number of hydrogen-bond donors (Lipinski definition) is 2. The molecule has 0 aliphatic carbocycles. The second-order valence-corrected chi connectivity index (χ2v) is 5.05. The highest BCUT2D eigenvalue weighted by atomic mass is 16.5. The molecule has 1 aliphatic heterocycles. The van der Waals surface area contributed by atoms with Crippen LogP contribution in [0.1, 0.15) is 32.4 Å². The SMILES string of the molecule is Cc1cc(NC(=O)[C@H](C)N[C@H](C)[C@H]2CCCO2)on1. The number of nitrogens with zero attached hydrogens (tertiary/aromatic N) is 1. The molecule has 2 rings (SSSR count). The molecule has 0 aromatic carbocycles. The minimum absolute atomic E-state index is 0.138. The molecular weight excluding hydrogens is 246 g/mol. The van der Waals surface area contributed by atoms with Crippen LogP contribution in [-0.4, -0.2) is 35.9 Å². The normalized spacial score (nSPS) is 22.2. The van der Waals surface area contributed by atoms with Gasteiger partial charge in [-0.25, -0.2) is 0 Å². The Bertz CT molecular complexity index is 427. The smallest absolute Gasteiger partial charge is 0.243 e. The summed E-state index contributed by atoms with van der Waals surface area (Å²) in [4.78, 5) is 12.0. The number of aromatic nitrogens is 1. The van der Waals surface area contributed by atoms with Crippen molar-refractivity contribution >= 4 is 11.8 Å². The Morgan fingerprint density at radius 2 is 2.32 bits per heavy atom. The van der Waals surface area contributed by atoms with E-state index in [9.17, 15) is 4.79 Å². The van der Waals surface area contributed by atoms with E-state index in [1.165, 1.54) is 0 Å². The Morgan fingerprint density at radius 3 is 2.89 bits per heavy atom. The first-order valence-electron chi connectivity index (χ1n) is 6.68. The monoisotopic (exact) mass is 267 g/mol. The van der Waals surface area contributed by atoms with Gasteiger partial charge in [-0.05, 0) is 33.6 Å². The van der Waals surface area contributed by atoms with Crippen molar-refractivity contribution in [2.75, 3.05) is 11.9 Å². The summed E-state index contributed by atoms with van der Waals surface area (Å²) >= 11 is 0. The fourth-order valence-corrected chi connectivity index (χ4v) is 2.23. The third-order valence-corrected chi connectivity index (χ3v) is 3.30. The van der Waals surface area contributed by atoms with Crippen LogP contribution >= 0.6 is 0 Å². The van der Waals surface area contributed by atoms with E-state index < -0.39 is 0 Å². The molecule has 6 nitrogen and oxygen atoms in total. The lowest BCUT2D eigenvalue weighted by atomic mass is 10.1. The summed E-state index contributed by atoms with van der Waals surface area (Å²) in [5, 5.41) is 9.66. The maximum atomic E-state index is 12.0. The van der Waals surface area contributed by atoms with Gasteiger partial charge in [0.05, 0.1) is 17.8 Å². The van der Waals surface area contributed by atoms with Crippen LogP contribution < -0.4 is 10.6 Å². The van der Waals surface area contributed by atoms with E-state index in [0.29, 0.717) is 5.88 Å². The van der Waals surface area contributed by atoms with Crippen LogP contribution in [0.5, 0.6) is 0 Å². The number of nitrogens with one attached hydrogen (secondary N) is 2. The molecule has 2 heterocycles. The predicted molar refractivity (Wildman–Crippen MR) is 70.9 cm³/mol. The number of hydrogen-bond acceptors (Lipinski definition) is 5. The van der Waals surface area contributed by atoms with E-state index in [-0.39, 0.29) is 24.1 Å². The van der Waals surface area contributed by atoms with Crippen molar-refractivity contribution in [2.24, 2.45) is 0 Å². The number of carbonyl (C=O) groups is 1. The first-order valence-corrected chi connectivity index (χ1v) is 6.68. The van der Waals surface area contributed by atoms with Crippen molar-refractivity contribution in [3.8, 4) is 0 Å². The lowest BCUT2D eigenvalue weighted by Crippen LogP contribution is -2.47. The van der Waals surface area contributed by atoms with Crippen molar-refractivity contribution in [3.63, 3.8) is 0 Å². The molecule has 19 heavy (non-hydrogen) atoms. The quantitative estimate of drug-likeness (QED) is 0.844. The lowest BCUT2D eigenvalue weighted by Gasteiger charge is -2.23. The summed E-state index contributed by atoms with van der Waals surface area (Å²) in [5.74, 6) is 0.238. The molecule has 1 aromatic rings. The Morgan fingerprint density at radius 1 is 1.53 bits per heavy atom. The van der Waals surface area contributed by atoms with Crippen LogP contribution in [0.2, 0.25) is 0 Å². The maximum Gasteiger partial charge on any atom is 0.243 e. The first kappa shape index (κ1) is 14.0. The first-order chi connectivity index (χ1) is 9.06. The lowest BCUT2D eigenvalue weighted by molar-refractivity contribution is -0.118. The molecule has 1 fully saturated rings. The molecule has 0 unspecified atom stereocenters. The zero-order valence-corrected chi connectivity index (χ0v) is 11.6. The highest BCUT2D eigenvalue weighted by Gasteiger charge is 2.25. The minimum atomic E-state index is -0.315. The summed E-state index contributed by atoms with van der Waals surface area (Å²) in [6.07, 6.45) is 2.33. The Balaban J connectivity index is 1.81. The van der Waals surface area contributed by atoms with Crippen LogP contribution in [-0.2, 0) is 9.53 Å². The van der Waals surface area contributed by atoms with Gasteiger partial charge in [0.15, 0.2) is 0 Å². The number of amides is 1. The summed E-state index contributed by atoms with van der Waals surface area (Å²) in [7, 11) is 0. The van der Waals surface area contributed by atoms with Gasteiger partial charge in [-0.2, -0.15) is 0 Å². The average molecular weight is 267 g/mol. The summed E-state index contributed by atoms with van der Waals surface area (Å²) in [6.45, 7) is 6.48. The molecule has 2 N–H and O–H groups in total. The largest absolute Gasteiger partial charge is 0.377 e. The van der Waals surface area contributed by atoms with Crippen molar-refractivity contribution in [1.82, 2.24) is 10.5 Å². The van der Waals surface area contributed by atoms with E-state index in [2.05, 4.69) is 15.8 Å². The zero-order valence-electron chi connectivity index (χ0n) is 11.6. The Labute approximate surface area is 112 Å². The topological polar surface area (TPSA) is 76.4 Å². The molecular formula is C13H21N3O3. The third-order valence-electron chi connectivity index (χ3n) is 3.30. The maximum absolute atomic E-state index is 12.0. The molecule has 0 spiro atoms. The number of anilines is 1. The number of rotatable bonds is 5. The highest BCUT2D eigenvalue weighted by Crippen LogP contribution is 2.16. The molecule has 1 aromatic heterocycles. The Kier molecular flexibility index (Phi) is 4.55. The standard InChI is InChI=1S/C13H21N3O3/c1-8-7-12(19-16-8)15-13(17)10(3)14-9(2)11-5-4-6-18-11/h7,9-11,14H,4-6H2,1-3H3,(H,15,17)/t9-,10+,11-/m1/s1. The summed E-state index contributed by atoms with van der Waals surface area (Å²) < 4.78 is 10.5. The fourth-order valence-electron chi connectivity index (χ4n) is 2.23. The van der Waals surface area contributed by atoms with Crippen LogP contribution in [0, 0.1) is 6.92 Å². The zero-order chi connectivity index (χ0) is 13.8. The van der Waals surface area contributed by atoms with Gasteiger partial charge in [0, 0.05) is 18.7 Å². The fraction of sp³-hybridized carbons (Fsp3) is 0.692. The van der Waals surface area contributed by atoms with Crippen molar-refractivity contribution in [2.45, 2.75) is 51.8 Å². The van der Waals surface area contributed by atoms with Crippen LogP contribution in [0.15, 0.2) is 10.6 Å². The molecule has 0 radical (unpaired) electrons. The van der Waals surface area contributed by atoms with Gasteiger partial charge in [0.25, 0.3) is 0 Å². The van der Waals surface area contributed by atoms with Gasteiger partial charge in [-0.15, -0.1) is 0 Å². The van der Waals surface area contributed by atoms with Gasteiger partial charge in [-0.3, -0.25) is 10.1 Å². The molecule has 1 amide bonds. The number of carbonyl (C=O) groups excluding carboxylic acids is 1. The number of ether oxygens (including phenoxy) is 1. The van der Waals surface area contributed by atoms with E-state index in [4.69, 9.17) is 9.26 Å². The second-order valence-electron chi connectivity index (χ2n) is 5.05. The highest BCUT2D eigenvalue weighted by molar-refractivity contribution is 5.93. The summed E-state index contributed by atoms with van der Waals surface area (Å²) in [6, 6.07) is 1.53. The van der Waals surface area contributed by atoms with Crippen LogP contribution in [0.3, 0.4) is 0 Å². The van der Waals surface area contributed by atoms with Crippen LogP contribution in [0.4, 0.5) is 5.88 Å². The molecule has 0 bridgehead atoms. The summed E-state index contributed by atoms with van der Waals surface area (Å²) in [5.41, 5.74) is 0.739. The van der Waals surface area contributed by atoms with Gasteiger partial charge >= 0.3 is 0 Å². The molecule has 3 atom stereocenters. The van der Waals surface area contributed by atoms with Gasteiger partial charge < -0.3 is 14.6 Å². The van der Waals surface area contributed by atoms with Crippen molar-refractivity contribution < 1.29 is 14.1 Å². The average Bonchev–Trinajstić information content (AvgIpc) is 3.00.